The fourth-order valence-electron chi connectivity index (χ4n) is 5.92. The molecule has 37 heavy (non-hydrogen) atoms. The van der Waals surface area contributed by atoms with Crippen LogP contribution in [0.4, 0.5) is 11.4 Å². The van der Waals surface area contributed by atoms with E-state index in [1.165, 1.54) is 110 Å². The van der Waals surface area contributed by atoms with Gasteiger partial charge < -0.3 is 10.6 Å². The van der Waals surface area contributed by atoms with Gasteiger partial charge in [-0.15, -0.1) is 22.7 Å². The Bertz CT molecular complexity index is 1300. The highest BCUT2D eigenvalue weighted by molar-refractivity contribution is 7.19. The summed E-state index contributed by atoms with van der Waals surface area (Å²) >= 11 is 3.92. The van der Waals surface area contributed by atoms with E-state index in [0.29, 0.717) is 0 Å². The minimum absolute atomic E-state index is 1.06. The number of unbranched alkanes of at least 4 members (excludes halogenated alkanes) is 4. The van der Waals surface area contributed by atoms with Crippen molar-refractivity contribution in [3.63, 3.8) is 0 Å². The summed E-state index contributed by atoms with van der Waals surface area (Å²) in [4.78, 5) is 2.92. The number of anilines is 2. The Morgan fingerprint density at radius 2 is 1.11 bits per heavy atom. The molecule has 2 nitrogen and oxygen atoms in total. The Hall–Kier alpha value is -2.30. The summed E-state index contributed by atoms with van der Waals surface area (Å²) in [6.45, 7) is 11.3. The molecule has 0 spiro atoms. The van der Waals surface area contributed by atoms with Crippen LogP contribution in [-0.4, -0.2) is 13.1 Å². The van der Waals surface area contributed by atoms with Gasteiger partial charge in [0.2, 0.25) is 0 Å². The van der Waals surface area contributed by atoms with Crippen LogP contribution in [0.3, 0.4) is 0 Å². The molecule has 2 N–H and O–H groups in total. The molecule has 0 fully saturated rings. The average Bonchev–Trinajstić information content (AvgIpc) is 3.57. The predicted octanol–water partition coefficient (Wildman–Crippen LogP) is 11.0. The monoisotopic (exact) mass is 530 g/mol. The van der Waals surface area contributed by atoms with Crippen LogP contribution in [0.5, 0.6) is 0 Å². The second-order valence-electron chi connectivity index (χ2n) is 10.6. The SMILES string of the molecule is CCCCCNc1ccc2sc(C)c(C3=C(c4c(C)sc5ccc(NCCCCC)cc45)CCC3)c2c1. The van der Waals surface area contributed by atoms with E-state index in [0.717, 1.165) is 13.1 Å². The van der Waals surface area contributed by atoms with Crippen molar-refractivity contribution in [2.24, 2.45) is 0 Å². The van der Waals surface area contributed by atoms with Gasteiger partial charge in [0, 0.05) is 54.4 Å². The van der Waals surface area contributed by atoms with Gasteiger partial charge in [0.1, 0.15) is 0 Å². The van der Waals surface area contributed by atoms with E-state index in [1.807, 2.05) is 22.7 Å². The number of thiophene rings is 2. The standard InChI is InChI=1S/C33H42N2S2/c1-5-7-9-18-34-24-14-16-30-28(20-24)32(22(3)36-30)26-12-11-13-27(26)33-23(4)37-31-17-15-25(21-29(31)33)35-19-10-8-6-2/h14-17,20-21,34-35H,5-13,18-19H2,1-4H3. The summed E-state index contributed by atoms with van der Waals surface area (Å²) in [5.74, 6) is 0. The topological polar surface area (TPSA) is 24.1 Å². The van der Waals surface area contributed by atoms with Crippen molar-refractivity contribution in [1.29, 1.82) is 0 Å². The minimum Gasteiger partial charge on any atom is -0.385 e. The van der Waals surface area contributed by atoms with E-state index < -0.39 is 0 Å². The molecule has 1 aliphatic carbocycles. The van der Waals surface area contributed by atoms with Crippen LogP contribution in [0.1, 0.15) is 92.5 Å². The van der Waals surface area contributed by atoms with Crippen LogP contribution in [0.2, 0.25) is 0 Å². The first-order chi connectivity index (χ1) is 18.1. The predicted molar refractivity (Wildman–Crippen MR) is 170 cm³/mol. The van der Waals surface area contributed by atoms with E-state index in [-0.39, 0.29) is 0 Å². The molecular formula is C33H42N2S2. The maximum atomic E-state index is 3.68. The van der Waals surface area contributed by atoms with Crippen molar-refractivity contribution in [2.45, 2.75) is 85.5 Å². The second kappa shape index (κ2) is 12.0. The highest BCUT2D eigenvalue weighted by atomic mass is 32.1. The van der Waals surface area contributed by atoms with Gasteiger partial charge in [-0.2, -0.15) is 0 Å². The van der Waals surface area contributed by atoms with E-state index in [9.17, 15) is 0 Å². The summed E-state index contributed by atoms with van der Waals surface area (Å²) in [7, 11) is 0. The maximum Gasteiger partial charge on any atom is 0.0353 e. The number of hydrogen-bond acceptors (Lipinski definition) is 4. The fourth-order valence-corrected chi connectivity index (χ4v) is 8.07. The van der Waals surface area contributed by atoms with Crippen molar-refractivity contribution in [1.82, 2.24) is 0 Å². The molecule has 5 rings (SSSR count). The number of nitrogens with one attached hydrogen (secondary N) is 2. The molecule has 0 amide bonds. The van der Waals surface area contributed by atoms with E-state index in [1.54, 1.807) is 11.1 Å². The van der Waals surface area contributed by atoms with Gasteiger partial charge in [-0.3, -0.25) is 0 Å². The van der Waals surface area contributed by atoms with Gasteiger partial charge in [-0.25, -0.2) is 0 Å². The minimum atomic E-state index is 1.06. The van der Waals surface area contributed by atoms with Crippen LogP contribution in [0.25, 0.3) is 31.3 Å². The fraction of sp³-hybridized carbons (Fsp3) is 0.455. The molecule has 0 bridgehead atoms. The number of rotatable bonds is 12. The van der Waals surface area contributed by atoms with Gasteiger partial charge in [0.15, 0.2) is 0 Å². The molecule has 196 valence electrons. The van der Waals surface area contributed by atoms with Crippen LogP contribution in [0.15, 0.2) is 36.4 Å². The lowest BCUT2D eigenvalue weighted by molar-refractivity contribution is 0.744. The number of aryl methyl sites for hydroxylation is 2. The molecular weight excluding hydrogens is 489 g/mol. The molecule has 0 unspecified atom stereocenters. The molecule has 0 radical (unpaired) electrons. The van der Waals surface area contributed by atoms with Gasteiger partial charge in [0.25, 0.3) is 0 Å². The first-order valence-corrected chi connectivity index (χ1v) is 16.0. The number of benzene rings is 2. The summed E-state index contributed by atoms with van der Waals surface area (Å²) in [5.41, 5.74) is 8.74. The van der Waals surface area contributed by atoms with Crippen LogP contribution in [0, 0.1) is 13.8 Å². The first kappa shape index (κ1) is 26.3. The lowest BCUT2D eigenvalue weighted by Crippen LogP contribution is -2.01. The highest BCUT2D eigenvalue weighted by Crippen LogP contribution is 2.49. The van der Waals surface area contributed by atoms with E-state index in [2.05, 4.69) is 74.7 Å². The van der Waals surface area contributed by atoms with Crippen LogP contribution >= 0.6 is 22.7 Å². The molecule has 2 aromatic carbocycles. The summed E-state index contributed by atoms with van der Waals surface area (Å²) in [6, 6.07) is 14.0. The molecule has 0 atom stereocenters. The van der Waals surface area contributed by atoms with Crippen LogP contribution < -0.4 is 10.6 Å². The van der Waals surface area contributed by atoms with E-state index in [4.69, 9.17) is 0 Å². The third kappa shape index (κ3) is 5.61. The summed E-state index contributed by atoms with van der Waals surface area (Å²) < 4.78 is 2.83. The zero-order chi connectivity index (χ0) is 25.8. The van der Waals surface area contributed by atoms with Crippen molar-refractivity contribution in [3.8, 4) is 0 Å². The molecule has 0 saturated carbocycles. The molecule has 4 heteroatoms. The van der Waals surface area contributed by atoms with E-state index >= 15 is 0 Å². The zero-order valence-electron chi connectivity index (χ0n) is 23.1. The van der Waals surface area contributed by atoms with Gasteiger partial charge in [0.05, 0.1) is 0 Å². The lowest BCUT2D eigenvalue weighted by Gasteiger charge is -2.12. The third-order valence-electron chi connectivity index (χ3n) is 7.77. The summed E-state index contributed by atoms with van der Waals surface area (Å²) in [6.07, 6.45) is 11.2. The molecule has 0 aliphatic heterocycles. The van der Waals surface area contributed by atoms with Crippen molar-refractivity contribution in [2.75, 3.05) is 23.7 Å². The lowest BCUT2D eigenvalue weighted by atomic mass is 9.93. The van der Waals surface area contributed by atoms with Crippen molar-refractivity contribution >= 4 is 65.4 Å². The first-order valence-electron chi connectivity index (χ1n) is 14.4. The highest BCUT2D eigenvalue weighted by Gasteiger charge is 2.25. The Morgan fingerprint density at radius 3 is 1.54 bits per heavy atom. The second-order valence-corrected chi connectivity index (χ2v) is 13.1. The molecule has 0 saturated heterocycles. The number of hydrogen-bond donors (Lipinski definition) is 2. The summed E-state index contributed by atoms with van der Waals surface area (Å²) in [5, 5.41) is 10.2. The Kier molecular flexibility index (Phi) is 8.56. The average molecular weight is 531 g/mol. The smallest absolute Gasteiger partial charge is 0.0353 e. The van der Waals surface area contributed by atoms with Crippen LogP contribution in [-0.2, 0) is 0 Å². The van der Waals surface area contributed by atoms with Gasteiger partial charge >= 0.3 is 0 Å². The van der Waals surface area contributed by atoms with Crippen molar-refractivity contribution in [3.05, 3.63) is 57.3 Å². The quantitative estimate of drug-likeness (QED) is 0.178. The largest absolute Gasteiger partial charge is 0.385 e. The zero-order valence-corrected chi connectivity index (χ0v) is 24.7. The van der Waals surface area contributed by atoms with Crippen molar-refractivity contribution < 1.29 is 0 Å². The number of fused-ring (bicyclic) bond motifs is 2. The van der Waals surface area contributed by atoms with Gasteiger partial charge in [-0.1, -0.05) is 39.5 Å². The third-order valence-corrected chi connectivity index (χ3v) is 9.94. The van der Waals surface area contributed by atoms with Gasteiger partial charge in [-0.05, 0) is 105 Å². The Morgan fingerprint density at radius 1 is 0.649 bits per heavy atom. The molecule has 2 aromatic heterocycles. The normalized spacial score (nSPS) is 13.8. The molecule has 2 heterocycles. The maximum absolute atomic E-state index is 3.68. The number of allylic oxidation sites excluding steroid dienone is 2. The molecule has 1 aliphatic rings. The Balaban J connectivity index is 1.53. The molecule has 4 aromatic rings. The Labute approximate surface area is 231 Å².